The maximum Gasteiger partial charge on any atom is 0.216 e. The second-order valence-corrected chi connectivity index (χ2v) is 2.07. The summed E-state index contributed by atoms with van der Waals surface area (Å²) < 4.78 is 0. The summed E-state index contributed by atoms with van der Waals surface area (Å²) in [5.41, 5.74) is 0.764. The normalized spacial score (nSPS) is 18.0. The van der Waals surface area contributed by atoms with Crippen molar-refractivity contribution >= 4 is 18.2 Å². The van der Waals surface area contributed by atoms with Gasteiger partial charge in [0.05, 0.1) is 0 Å². The van der Waals surface area contributed by atoms with Gasteiger partial charge < -0.3 is 10.6 Å². The van der Waals surface area contributed by atoms with E-state index in [1.54, 1.807) is 6.20 Å². The summed E-state index contributed by atoms with van der Waals surface area (Å²) in [7, 11) is 0. The van der Waals surface area contributed by atoms with Gasteiger partial charge in [0.25, 0.3) is 0 Å². The van der Waals surface area contributed by atoms with Gasteiger partial charge >= 0.3 is 0 Å². The third-order valence-corrected chi connectivity index (χ3v) is 1.40. The van der Waals surface area contributed by atoms with Crippen molar-refractivity contribution < 1.29 is 4.79 Å². The molecule has 43 valence electrons. The second kappa shape index (κ2) is 2.61. The highest BCUT2D eigenvalue weighted by molar-refractivity contribution is 8.05. The van der Waals surface area contributed by atoms with Crippen LogP contribution < -0.4 is 10.6 Å². The van der Waals surface area contributed by atoms with E-state index < -0.39 is 0 Å². The van der Waals surface area contributed by atoms with Crippen LogP contribution in [0.5, 0.6) is 0 Å². The molecule has 1 aliphatic heterocycles. The molecule has 0 atom stereocenters. The van der Waals surface area contributed by atoms with Crippen LogP contribution in [-0.2, 0) is 4.79 Å². The average molecular weight is 129 g/mol. The minimum absolute atomic E-state index is 0.641. The van der Waals surface area contributed by atoms with Gasteiger partial charge in [-0.05, 0) is 5.41 Å². The lowest BCUT2D eigenvalue weighted by atomic mass is 10.9. The topological polar surface area (TPSA) is 41.1 Å². The molecule has 0 saturated heterocycles. The summed E-state index contributed by atoms with van der Waals surface area (Å²) >= 11 is 1.45. The SMILES string of the molecule is O=CN[C]1NC=CS1. The summed E-state index contributed by atoms with van der Waals surface area (Å²) in [5.74, 6) is 0. The van der Waals surface area contributed by atoms with Gasteiger partial charge in [0, 0.05) is 6.20 Å². The molecule has 0 bridgehead atoms. The van der Waals surface area contributed by atoms with Crippen LogP contribution in [0.25, 0.3) is 0 Å². The number of amides is 1. The molecular weight excluding hydrogens is 124 g/mol. The highest BCUT2D eigenvalue weighted by Gasteiger charge is 2.07. The predicted octanol–water partition coefficient (Wildman–Crippen LogP) is -0.0130. The van der Waals surface area contributed by atoms with Crippen molar-refractivity contribution in [2.24, 2.45) is 0 Å². The number of hydrogen-bond donors (Lipinski definition) is 2. The molecule has 1 heterocycles. The number of carbonyl (C=O) groups is 1. The van der Waals surface area contributed by atoms with Crippen LogP contribution in [0.2, 0.25) is 0 Å². The van der Waals surface area contributed by atoms with Crippen LogP contribution in [-0.4, -0.2) is 6.41 Å². The summed E-state index contributed by atoms with van der Waals surface area (Å²) in [6, 6.07) is 0. The number of rotatable bonds is 2. The Labute approximate surface area is 51.5 Å². The van der Waals surface area contributed by atoms with Crippen LogP contribution in [0.3, 0.4) is 0 Å². The Morgan fingerprint density at radius 2 is 2.75 bits per heavy atom. The fourth-order valence-corrected chi connectivity index (χ4v) is 0.899. The van der Waals surface area contributed by atoms with Gasteiger partial charge in [-0.1, -0.05) is 11.8 Å². The van der Waals surface area contributed by atoms with Crippen molar-refractivity contribution in [2.75, 3.05) is 0 Å². The number of hydrogen-bond acceptors (Lipinski definition) is 3. The Kier molecular flexibility index (Phi) is 1.80. The second-order valence-electron chi connectivity index (χ2n) is 1.16. The maximum absolute atomic E-state index is 9.75. The average Bonchev–Trinajstić information content (AvgIpc) is 2.19. The zero-order valence-corrected chi connectivity index (χ0v) is 4.87. The van der Waals surface area contributed by atoms with Crippen molar-refractivity contribution in [1.29, 1.82) is 0 Å². The van der Waals surface area contributed by atoms with Crippen LogP contribution in [0, 0.1) is 5.50 Å². The highest BCUT2D eigenvalue weighted by Crippen LogP contribution is 2.18. The van der Waals surface area contributed by atoms with Gasteiger partial charge in [0.2, 0.25) is 11.9 Å². The Morgan fingerprint density at radius 1 is 1.88 bits per heavy atom. The molecule has 1 rings (SSSR count). The first-order chi connectivity index (χ1) is 3.93. The number of carbonyl (C=O) groups excluding carboxylic acids is 1. The molecule has 1 amide bonds. The Balaban J connectivity index is 2.19. The van der Waals surface area contributed by atoms with E-state index in [0.717, 1.165) is 5.50 Å². The zero-order valence-electron chi connectivity index (χ0n) is 4.05. The minimum Gasteiger partial charge on any atom is -0.355 e. The molecule has 0 spiro atoms. The van der Waals surface area contributed by atoms with Gasteiger partial charge in [-0.25, -0.2) is 0 Å². The highest BCUT2D eigenvalue weighted by atomic mass is 32.2. The zero-order chi connectivity index (χ0) is 5.82. The summed E-state index contributed by atoms with van der Waals surface area (Å²) in [5, 5.41) is 7.14. The molecule has 4 heteroatoms. The molecule has 2 N–H and O–H groups in total. The quantitative estimate of drug-likeness (QED) is 0.515. The van der Waals surface area contributed by atoms with Gasteiger partial charge in [-0.15, -0.1) is 0 Å². The molecule has 0 aromatic carbocycles. The van der Waals surface area contributed by atoms with Crippen LogP contribution in [0.1, 0.15) is 0 Å². The van der Waals surface area contributed by atoms with E-state index in [-0.39, 0.29) is 0 Å². The minimum atomic E-state index is 0.641. The van der Waals surface area contributed by atoms with E-state index in [1.807, 2.05) is 5.41 Å². The first kappa shape index (κ1) is 5.50. The first-order valence-electron chi connectivity index (χ1n) is 2.09. The van der Waals surface area contributed by atoms with Crippen molar-refractivity contribution in [3.05, 3.63) is 17.1 Å². The van der Waals surface area contributed by atoms with E-state index in [1.165, 1.54) is 11.8 Å². The molecule has 0 unspecified atom stereocenters. The smallest absolute Gasteiger partial charge is 0.216 e. The lowest BCUT2D eigenvalue weighted by molar-refractivity contribution is -0.109. The van der Waals surface area contributed by atoms with E-state index in [2.05, 4.69) is 10.6 Å². The number of nitrogens with one attached hydrogen (secondary N) is 2. The van der Waals surface area contributed by atoms with Crippen molar-refractivity contribution in [3.8, 4) is 0 Å². The Hall–Kier alpha value is -0.640. The van der Waals surface area contributed by atoms with E-state index in [4.69, 9.17) is 0 Å². The maximum atomic E-state index is 9.75. The summed E-state index contributed by atoms with van der Waals surface area (Å²) in [4.78, 5) is 9.75. The first-order valence-corrected chi connectivity index (χ1v) is 2.97. The molecule has 0 fully saturated rings. The monoisotopic (exact) mass is 129 g/mol. The van der Waals surface area contributed by atoms with Crippen LogP contribution >= 0.6 is 11.8 Å². The molecule has 1 aliphatic rings. The lowest BCUT2D eigenvalue weighted by Gasteiger charge is -2.03. The fourth-order valence-electron chi connectivity index (χ4n) is 0.375. The largest absolute Gasteiger partial charge is 0.355 e. The van der Waals surface area contributed by atoms with Crippen LogP contribution in [0.15, 0.2) is 11.6 Å². The fraction of sp³-hybridized carbons (Fsp3) is 0. The van der Waals surface area contributed by atoms with Gasteiger partial charge in [-0.3, -0.25) is 4.79 Å². The molecule has 8 heavy (non-hydrogen) atoms. The van der Waals surface area contributed by atoms with E-state index in [9.17, 15) is 4.79 Å². The molecule has 0 aromatic rings. The molecule has 0 saturated carbocycles. The predicted molar refractivity (Wildman–Crippen MR) is 32.3 cm³/mol. The summed E-state index contributed by atoms with van der Waals surface area (Å²) in [6.07, 6.45) is 2.40. The Morgan fingerprint density at radius 3 is 3.25 bits per heavy atom. The lowest BCUT2D eigenvalue weighted by Crippen LogP contribution is -2.23. The van der Waals surface area contributed by atoms with Gasteiger partial charge in [0.1, 0.15) is 0 Å². The molecular formula is C4H5N2OS. The molecule has 0 aromatic heterocycles. The standard InChI is InChI=1S/C4H5N2OS/c7-3-6-4-5-1-2-8-4/h1-3,5H,(H,6,7). The summed E-state index contributed by atoms with van der Waals surface area (Å²) in [6.45, 7) is 0. The van der Waals surface area contributed by atoms with Gasteiger partial charge in [-0.2, -0.15) is 0 Å². The van der Waals surface area contributed by atoms with E-state index >= 15 is 0 Å². The van der Waals surface area contributed by atoms with Crippen LogP contribution in [0.4, 0.5) is 0 Å². The third-order valence-electron chi connectivity index (χ3n) is 0.658. The van der Waals surface area contributed by atoms with Crippen molar-refractivity contribution in [2.45, 2.75) is 0 Å². The molecule has 3 nitrogen and oxygen atoms in total. The molecule has 0 aliphatic carbocycles. The van der Waals surface area contributed by atoms with E-state index in [0.29, 0.717) is 6.41 Å². The molecule has 1 radical (unpaired) electrons. The third kappa shape index (κ3) is 1.16. The van der Waals surface area contributed by atoms with Gasteiger partial charge in [0.15, 0.2) is 0 Å². The Bertz CT molecular complexity index is 107. The van der Waals surface area contributed by atoms with Crippen molar-refractivity contribution in [3.63, 3.8) is 0 Å². The number of thioether (sulfide) groups is 1. The van der Waals surface area contributed by atoms with Crippen molar-refractivity contribution in [1.82, 2.24) is 10.6 Å².